The molecule has 2 rings (SSSR count). The molecule has 0 bridgehead atoms. The number of nitrogens with zero attached hydrogens (tertiary/aromatic N) is 1. The van der Waals surface area contributed by atoms with Crippen LogP contribution < -0.4 is 10.1 Å². The van der Waals surface area contributed by atoms with Crippen molar-refractivity contribution in [1.29, 1.82) is 0 Å². The van der Waals surface area contributed by atoms with Crippen molar-refractivity contribution in [3.05, 3.63) is 46.3 Å². The first-order chi connectivity index (χ1) is 10.2. The van der Waals surface area contributed by atoms with Gasteiger partial charge in [-0.05, 0) is 19.1 Å². The molecule has 1 N–H and O–H groups in total. The molecule has 1 aromatic carbocycles. The summed E-state index contributed by atoms with van der Waals surface area (Å²) in [6.45, 7) is 4.22. The van der Waals surface area contributed by atoms with Crippen molar-refractivity contribution in [2.24, 2.45) is 0 Å². The molecule has 0 saturated heterocycles. The second kappa shape index (κ2) is 8.02. The van der Waals surface area contributed by atoms with Crippen molar-refractivity contribution in [3.8, 4) is 5.75 Å². The monoisotopic (exact) mass is 310 g/mol. The second-order valence-corrected chi connectivity index (χ2v) is 5.02. The number of benzene rings is 1. The van der Waals surface area contributed by atoms with Crippen LogP contribution in [0.1, 0.15) is 17.0 Å². The van der Waals surface area contributed by atoms with Crippen molar-refractivity contribution in [2.75, 3.05) is 20.3 Å². The Kier molecular flexibility index (Phi) is 6.04. The molecule has 114 valence electrons. The maximum Gasteiger partial charge on any atom is 0.174 e. The molecule has 0 aliphatic rings. The van der Waals surface area contributed by atoms with Gasteiger partial charge in [-0.3, -0.25) is 0 Å². The highest BCUT2D eigenvalue weighted by Crippen LogP contribution is 2.27. The van der Waals surface area contributed by atoms with Gasteiger partial charge in [-0.25, -0.2) is 0 Å². The average molecular weight is 311 g/mol. The fourth-order valence-electron chi connectivity index (χ4n) is 1.87. The van der Waals surface area contributed by atoms with Gasteiger partial charge in [0.1, 0.15) is 12.4 Å². The number of ether oxygens (including phenoxy) is 2. The lowest BCUT2D eigenvalue weighted by molar-refractivity contribution is 0.198. The van der Waals surface area contributed by atoms with Crippen LogP contribution in [-0.4, -0.2) is 25.4 Å². The molecule has 0 unspecified atom stereocenters. The van der Waals surface area contributed by atoms with Crippen molar-refractivity contribution in [2.45, 2.75) is 20.1 Å². The van der Waals surface area contributed by atoms with E-state index in [0.717, 1.165) is 23.6 Å². The summed E-state index contributed by atoms with van der Waals surface area (Å²) in [5, 5.41) is 7.76. The Morgan fingerprint density at radius 3 is 2.95 bits per heavy atom. The summed E-state index contributed by atoms with van der Waals surface area (Å²) in [5.41, 5.74) is 1.76. The van der Waals surface area contributed by atoms with Crippen molar-refractivity contribution < 1.29 is 14.0 Å². The molecule has 1 aromatic heterocycles. The van der Waals surface area contributed by atoms with E-state index in [9.17, 15) is 0 Å². The van der Waals surface area contributed by atoms with E-state index >= 15 is 0 Å². The highest BCUT2D eigenvalue weighted by molar-refractivity contribution is 6.31. The Bertz CT molecular complexity index is 572. The van der Waals surface area contributed by atoms with Crippen LogP contribution in [0, 0.1) is 6.92 Å². The van der Waals surface area contributed by atoms with E-state index < -0.39 is 0 Å². The number of aromatic nitrogens is 1. The molecule has 0 saturated carbocycles. The summed E-state index contributed by atoms with van der Waals surface area (Å²) in [6, 6.07) is 7.45. The van der Waals surface area contributed by atoms with Crippen molar-refractivity contribution in [3.63, 3.8) is 0 Å². The summed E-state index contributed by atoms with van der Waals surface area (Å²) in [7, 11) is 1.67. The van der Waals surface area contributed by atoms with Gasteiger partial charge in [0, 0.05) is 36.9 Å². The van der Waals surface area contributed by atoms with Crippen LogP contribution in [-0.2, 0) is 17.9 Å². The minimum absolute atomic E-state index is 0.326. The SMILES string of the molecule is COCCNCc1c(Cl)cccc1OCc1cc(C)no1. The molecular weight excluding hydrogens is 292 g/mol. The third kappa shape index (κ3) is 4.74. The fourth-order valence-corrected chi connectivity index (χ4v) is 2.10. The number of methoxy groups -OCH3 is 1. The van der Waals surface area contributed by atoms with E-state index in [-0.39, 0.29) is 0 Å². The molecule has 0 aliphatic heterocycles. The molecule has 0 spiro atoms. The number of hydrogen-bond acceptors (Lipinski definition) is 5. The Morgan fingerprint density at radius 1 is 1.38 bits per heavy atom. The van der Waals surface area contributed by atoms with Crippen LogP contribution >= 0.6 is 11.6 Å². The maximum absolute atomic E-state index is 6.24. The Hall–Kier alpha value is -1.56. The number of hydrogen-bond donors (Lipinski definition) is 1. The van der Waals surface area contributed by atoms with Crippen LogP contribution in [0.15, 0.2) is 28.8 Å². The van der Waals surface area contributed by atoms with E-state index in [1.165, 1.54) is 0 Å². The van der Waals surface area contributed by atoms with Crippen LogP contribution in [0.4, 0.5) is 0 Å². The standard InChI is InChI=1S/C15H19ClN2O3/c1-11-8-12(21-18-11)10-20-15-5-3-4-14(16)13(15)9-17-6-7-19-2/h3-5,8,17H,6-7,9-10H2,1-2H3. The van der Waals surface area contributed by atoms with Gasteiger partial charge < -0.3 is 19.3 Å². The van der Waals surface area contributed by atoms with Gasteiger partial charge in [-0.1, -0.05) is 22.8 Å². The maximum atomic E-state index is 6.24. The topological polar surface area (TPSA) is 56.5 Å². The van der Waals surface area contributed by atoms with E-state index in [4.69, 9.17) is 25.6 Å². The summed E-state index contributed by atoms with van der Waals surface area (Å²) in [5.74, 6) is 1.42. The van der Waals surface area contributed by atoms with Crippen LogP contribution in [0.2, 0.25) is 5.02 Å². The predicted octanol–water partition coefficient (Wildman–Crippen LogP) is 2.95. The first kappa shape index (κ1) is 15.8. The first-order valence-corrected chi connectivity index (χ1v) is 7.10. The van der Waals surface area contributed by atoms with Crippen LogP contribution in [0.5, 0.6) is 5.75 Å². The average Bonchev–Trinajstić information content (AvgIpc) is 2.89. The van der Waals surface area contributed by atoms with E-state index in [0.29, 0.717) is 30.5 Å². The molecular formula is C15H19ClN2O3. The number of nitrogens with one attached hydrogen (secondary N) is 1. The number of rotatable bonds is 8. The van der Waals surface area contributed by atoms with Crippen molar-refractivity contribution >= 4 is 11.6 Å². The minimum atomic E-state index is 0.326. The second-order valence-electron chi connectivity index (χ2n) is 4.61. The lowest BCUT2D eigenvalue weighted by Crippen LogP contribution is -2.19. The third-order valence-electron chi connectivity index (χ3n) is 2.91. The Balaban J connectivity index is 1.99. The van der Waals surface area contributed by atoms with Gasteiger partial charge in [0.2, 0.25) is 0 Å². The predicted molar refractivity (Wildman–Crippen MR) is 80.6 cm³/mol. The normalized spacial score (nSPS) is 10.8. The smallest absolute Gasteiger partial charge is 0.174 e. The number of halogens is 1. The van der Waals surface area contributed by atoms with Gasteiger partial charge >= 0.3 is 0 Å². The Morgan fingerprint density at radius 2 is 2.24 bits per heavy atom. The highest BCUT2D eigenvalue weighted by Gasteiger charge is 2.09. The molecule has 0 radical (unpaired) electrons. The zero-order chi connectivity index (χ0) is 15.1. The van der Waals surface area contributed by atoms with Gasteiger partial charge in [0.05, 0.1) is 12.3 Å². The lowest BCUT2D eigenvalue weighted by Gasteiger charge is -2.12. The summed E-state index contributed by atoms with van der Waals surface area (Å²) in [6.07, 6.45) is 0. The van der Waals surface area contributed by atoms with Crippen LogP contribution in [0.3, 0.4) is 0 Å². The van der Waals surface area contributed by atoms with Crippen molar-refractivity contribution in [1.82, 2.24) is 10.5 Å². The molecule has 0 amide bonds. The quantitative estimate of drug-likeness (QED) is 0.760. The first-order valence-electron chi connectivity index (χ1n) is 6.72. The lowest BCUT2D eigenvalue weighted by atomic mass is 10.2. The van der Waals surface area contributed by atoms with Gasteiger partial charge in [-0.15, -0.1) is 0 Å². The highest BCUT2D eigenvalue weighted by atomic mass is 35.5. The van der Waals surface area contributed by atoms with Gasteiger partial charge in [-0.2, -0.15) is 0 Å². The molecule has 1 heterocycles. The molecule has 21 heavy (non-hydrogen) atoms. The zero-order valence-corrected chi connectivity index (χ0v) is 12.9. The van der Waals surface area contributed by atoms with Crippen LogP contribution in [0.25, 0.3) is 0 Å². The molecule has 2 aromatic rings. The largest absolute Gasteiger partial charge is 0.485 e. The van der Waals surface area contributed by atoms with E-state index in [1.54, 1.807) is 7.11 Å². The van der Waals surface area contributed by atoms with E-state index in [2.05, 4.69) is 10.5 Å². The molecule has 5 nitrogen and oxygen atoms in total. The van der Waals surface area contributed by atoms with Gasteiger partial charge in [0.15, 0.2) is 5.76 Å². The third-order valence-corrected chi connectivity index (χ3v) is 3.26. The summed E-state index contributed by atoms with van der Waals surface area (Å²) in [4.78, 5) is 0. The summed E-state index contributed by atoms with van der Waals surface area (Å²) >= 11 is 6.24. The molecule has 0 fully saturated rings. The zero-order valence-electron chi connectivity index (χ0n) is 12.2. The summed E-state index contributed by atoms with van der Waals surface area (Å²) < 4.78 is 15.9. The van der Waals surface area contributed by atoms with E-state index in [1.807, 2.05) is 31.2 Å². The fraction of sp³-hybridized carbons (Fsp3) is 0.400. The minimum Gasteiger partial charge on any atom is -0.485 e. The molecule has 6 heteroatoms. The number of aryl methyl sites for hydroxylation is 1. The molecule has 0 atom stereocenters. The van der Waals surface area contributed by atoms with Gasteiger partial charge in [0.25, 0.3) is 0 Å². The Labute approximate surface area is 129 Å². The molecule has 0 aliphatic carbocycles.